The van der Waals surface area contributed by atoms with Crippen LogP contribution in [-0.2, 0) is 13.1 Å². The molecular formula is C21H26N4O4. The van der Waals surface area contributed by atoms with Gasteiger partial charge < -0.3 is 18.3 Å². The van der Waals surface area contributed by atoms with Crippen LogP contribution < -0.4 is 9.47 Å². The summed E-state index contributed by atoms with van der Waals surface area (Å²) >= 11 is 0. The smallest absolute Gasteiger partial charge is 0.283 e. The number of rotatable bonds is 7. The second-order valence-electron chi connectivity index (χ2n) is 7.16. The van der Waals surface area contributed by atoms with E-state index in [0.717, 1.165) is 44.2 Å². The van der Waals surface area contributed by atoms with Crippen molar-refractivity contribution >= 4 is 0 Å². The maximum atomic E-state index is 5.72. The zero-order chi connectivity index (χ0) is 20.2. The van der Waals surface area contributed by atoms with Crippen LogP contribution in [0.1, 0.15) is 17.0 Å². The predicted octanol–water partition coefficient (Wildman–Crippen LogP) is 2.97. The van der Waals surface area contributed by atoms with Crippen LogP contribution in [0.5, 0.6) is 11.5 Å². The molecule has 1 aliphatic rings. The summed E-state index contributed by atoms with van der Waals surface area (Å²) in [4.78, 5) is 4.78. The van der Waals surface area contributed by atoms with Crippen LogP contribution in [0.25, 0.3) is 11.7 Å². The summed E-state index contributed by atoms with van der Waals surface area (Å²) in [5.41, 5.74) is 2.47. The van der Waals surface area contributed by atoms with Gasteiger partial charge in [0, 0.05) is 32.7 Å². The molecule has 3 heterocycles. The number of hydrogen-bond donors (Lipinski definition) is 0. The summed E-state index contributed by atoms with van der Waals surface area (Å²) in [7, 11) is 3.34. The van der Waals surface area contributed by atoms with Crippen molar-refractivity contribution in [1.82, 2.24) is 20.0 Å². The number of piperazine rings is 1. The van der Waals surface area contributed by atoms with Gasteiger partial charge in [-0.2, -0.15) is 0 Å². The number of furan rings is 1. The van der Waals surface area contributed by atoms with Crippen molar-refractivity contribution in [3.05, 3.63) is 47.5 Å². The fourth-order valence-corrected chi connectivity index (χ4v) is 3.55. The van der Waals surface area contributed by atoms with Gasteiger partial charge in [-0.15, -0.1) is 10.2 Å². The first-order valence-corrected chi connectivity index (χ1v) is 9.68. The lowest BCUT2D eigenvalue weighted by molar-refractivity contribution is 0.114. The molecule has 2 aromatic heterocycles. The van der Waals surface area contributed by atoms with Gasteiger partial charge in [0.2, 0.25) is 5.89 Å². The molecule has 0 amide bonds. The molecule has 1 aromatic carbocycles. The van der Waals surface area contributed by atoms with E-state index in [2.05, 4.69) is 33.0 Å². The summed E-state index contributed by atoms with van der Waals surface area (Å²) in [5, 5.41) is 8.21. The number of methoxy groups -OCH3 is 2. The van der Waals surface area contributed by atoms with Gasteiger partial charge >= 0.3 is 0 Å². The molecular weight excluding hydrogens is 372 g/mol. The molecule has 0 radical (unpaired) electrons. The molecule has 0 saturated carbocycles. The summed E-state index contributed by atoms with van der Waals surface area (Å²) in [5.74, 6) is 3.18. The molecule has 1 saturated heterocycles. The standard InChI is InChI=1S/C21H26N4O4/c1-15-11-18(26-2)19(27-3)12-16(15)13-24-6-8-25(9-7-24)14-20-22-23-21(29-20)17-5-4-10-28-17/h4-5,10-12H,6-9,13-14H2,1-3H3. The van der Waals surface area contributed by atoms with Crippen LogP contribution in [0.4, 0.5) is 0 Å². The van der Waals surface area contributed by atoms with Gasteiger partial charge in [0.25, 0.3) is 5.89 Å². The minimum Gasteiger partial charge on any atom is -0.493 e. The van der Waals surface area contributed by atoms with Crippen molar-refractivity contribution in [2.75, 3.05) is 40.4 Å². The average Bonchev–Trinajstić information content (AvgIpc) is 3.42. The largest absolute Gasteiger partial charge is 0.493 e. The van der Waals surface area contributed by atoms with Crippen LogP contribution in [0, 0.1) is 6.92 Å². The van der Waals surface area contributed by atoms with Crippen LogP contribution >= 0.6 is 0 Å². The van der Waals surface area contributed by atoms with Crippen LogP contribution in [-0.4, -0.2) is 60.4 Å². The molecule has 0 N–H and O–H groups in total. The van der Waals surface area contributed by atoms with Gasteiger partial charge in [-0.3, -0.25) is 9.80 Å². The number of ether oxygens (including phenoxy) is 2. The van der Waals surface area contributed by atoms with Crippen molar-refractivity contribution in [1.29, 1.82) is 0 Å². The molecule has 4 rings (SSSR count). The minimum absolute atomic E-state index is 0.424. The van der Waals surface area contributed by atoms with Crippen molar-refractivity contribution in [3.8, 4) is 23.1 Å². The van der Waals surface area contributed by atoms with E-state index in [-0.39, 0.29) is 0 Å². The predicted molar refractivity (Wildman–Crippen MR) is 107 cm³/mol. The van der Waals surface area contributed by atoms with Crippen LogP contribution in [0.3, 0.4) is 0 Å². The molecule has 0 unspecified atom stereocenters. The van der Waals surface area contributed by atoms with Gasteiger partial charge in [0.1, 0.15) is 0 Å². The first-order chi connectivity index (χ1) is 14.2. The van der Waals surface area contributed by atoms with E-state index in [9.17, 15) is 0 Å². The number of nitrogens with zero attached hydrogens (tertiary/aromatic N) is 4. The highest BCUT2D eigenvalue weighted by Crippen LogP contribution is 2.31. The summed E-state index contributed by atoms with van der Waals surface area (Å²) in [6, 6.07) is 7.73. The zero-order valence-electron chi connectivity index (χ0n) is 17.1. The molecule has 0 aliphatic carbocycles. The Balaban J connectivity index is 1.32. The molecule has 1 fully saturated rings. The second-order valence-corrected chi connectivity index (χ2v) is 7.16. The molecule has 8 nitrogen and oxygen atoms in total. The average molecular weight is 398 g/mol. The number of benzene rings is 1. The highest BCUT2D eigenvalue weighted by atomic mass is 16.5. The topological polar surface area (TPSA) is 77.0 Å². The normalized spacial score (nSPS) is 15.6. The van der Waals surface area contributed by atoms with E-state index in [4.69, 9.17) is 18.3 Å². The highest BCUT2D eigenvalue weighted by molar-refractivity contribution is 5.47. The van der Waals surface area contributed by atoms with Crippen molar-refractivity contribution in [2.24, 2.45) is 0 Å². The molecule has 1 aliphatic heterocycles. The first kappa shape index (κ1) is 19.5. The fraction of sp³-hybridized carbons (Fsp3) is 0.429. The van der Waals surface area contributed by atoms with Gasteiger partial charge in [0.15, 0.2) is 17.3 Å². The van der Waals surface area contributed by atoms with Crippen molar-refractivity contribution < 1.29 is 18.3 Å². The van der Waals surface area contributed by atoms with Crippen molar-refractivity contribution in [2.45, 2.75) is 20.0 Å². The van der Waals surface area contributed by atoms with E-state index in [1.807, 2.05) is 12.1 Å². The maximum Gasteiger partial charge on any atom is 0.283 e. The molecule has 0 spiro atoms. The van der Waals surface area contributed by atoms with Gasteiger partial charge in [-0.1, -0.05) is 0 Å². The SMILES string of the molecule is COc1cc(C)c(CN2CCN(Cc3nnc(-c4ccco4)o3)CC2)cc1OC. The second kappa shape index (κ2) is 8.67. The van der Waals surface area contributed by atoms with E-state index in [1.54, 1.807) is 26.5 Å². The minimum atomic E-state index is 0.424. The van der Waals surface area contributed by atoms with E-state index >= 15 is 0 Å². The lowest BCUT2D eigenvalue weighted by Gasteiger charge is -2.34. The maximum absolute atomic E-state index is 5.72. The van der Waals surface area contributed by atoms with Gasteiger partial charge in [-0.25, -0.2) is 0 Å². The fourth-order valence-electron chi connectivity index (χ4n) is 3.55. The lowest BCUT2D eigenvalue weighted by Crippen LogP contribution is -2.45. The molecule has 0 bridgehead atoms. The summed E-state index contributed by atoms with van der Waals surface area (Å²) in [6.07, 6.45) is 1.60. The molecule has 154 valence electrons. The number of aryl methyl sites for hydroxylation is 1. The number of hydrogen-bond acceptors (Lipinski definition) is 8. The van der Waals surface area contributed by atoms with E-state index in [0.29, 0.717) is 24.1 Å². The Labute approximate surface area is 170 Å². The molecule has 29 heavy (non-hydrogen) atoms. The number of aromatic nitrogens is 2. The Morgan fingerprint density at radius 2 is 1.66 bits per heavy atom. The first-order valence-electron chi connectivity index (χ1n) is 9.68. The van der Waals surface area contributed by atoms with E-state index < -0.39 is 0 Å². The summed E-state index contributed by atoms with van der Waals surface area (Å²) < 4.78 is 21.9. The highest BCUT2D eigenvalue weighted by Gasteiger charge is 2.21. The Bertz CT molecular complexity index is 930. The van der Waals surface area contributed by atoms with Crippen LogP contribution in [0.15, 0.2) is 39.4 Å². The third kappa shape index (κ3) is 4.44. The van der Waals surface area contributed by atoms with Gasteiger partial charge in [0.05, 0.1) is 27.0 Å². The molecule has 3 aromatic rings. The Kier molecular flexibility index (Phi) is 5.82. The van der Waals surface area contributed by atoms with Crippen molar-refractivity contribution in [3.63, 3.8) is 0 Å². The van der Waals surface area contributed by atoms with E-state index in [1.165, 1.54) is 11.1 Å². The molecule has 8 heteroatoms. The third-order valence-corrected chi connectivity index (χ3v) is 5.26. The Morgan fingerprint density at radius 1 is 0.966 bits per heavy atom. The Morgan fingerprint density at radius 3 is 2.31 bits per heavy atom. The van der Waals surface area contributed by atoms with Crippen LogP contribution in [0.2, 0.25) is 0 Å². The van der Waals surface area contributed by atoms with Gasteiger partial charge in [-0.05, 0) is 42.3 Å². The quantitative estimate of drug-likeness (QED) is 0.601. The summed E-state index contributed by atoms with van der Waals surface area (Å²) in [6.45, 7) is 7.51. The third-order valence-electron chi connectivity index (χ3n) is 5.26. The zero-order valence-corrected chi connectivity index (χ0v) is 17.1. The Hall–Kier alpha value is -2.84. The molecule has 0 atom stereocenters. The lowest BCUT2D eigenvalue weighted by atomic mass is 10.1. The monoisotopic (exact) mass is 398 g/mol.